The SMILES string of the molecule is CC(=O)O.CCCCCC(=O)CC. The van der Waals surface area contributed by atoms with E-state index in [4.69, 9.17) is 9.90 Å². The molecule has 0 rings (SSSR count). The van der Waals surface area contributed by atoms with E-state index in [0.717, 1.165) is 19.8 Å². The molecule has 0 atom stereocenters. The standard InChI is InChI=1S/C8H16O.C2H4O2/c1-3-5-6-7-8(9)4-2;1-2(3)4/h3-7H2,1-2H3;1H3,(H,3,4). The number of Topliss-reactive ketones (excluding diaryl/α,β-unsaturated/α-hetero) is 1. The highest BCUT2D eigenvalue weighted by molar-refractivity contribution is 5.77. The molecule has 0 amide bonds. The number of hydrogen-bond acceptors (Lipinski definition) is 2. The summed E-state index contributed by atoms with van der Waals surface area (Å²) < 4.78 is 0. The number of carbonyl (C=O) groups is 2. The van der Waals surface area contributed by atoms with Gasteiger partial charge < -0.3 is 5.11 Å². The Hall–Kier alpha value is -0.860. The molecule has 78 valence electrons. The Morgan fingerprint density at radius 3 is 1.92 bits per heavy atom. The molecule has 0 aliphatic carbocycles. The summed E-state index contributed by atoms with van der Waals surface area (Å²) in [4.78, 5) is 19.7. The van der Waals surface area contributed by atoms with Gasteiger partial charge in [-0.15, -0.1) is 0 Å². The zero-order chi connectivity index (χ0) is 10.7. The molecule has 0 spiro atoms. The number of ketones is 1. The number of carboxylic acids is 1. The molecule has 13 heavy (non-hydrogen) atoms. The van der Waals surface area contributed by atoms with E-state index in [9.17, 15) is 4.79 Å². The highest BCUT2D eigenvalue weighted by Crippen LogP contribution is 2.00. The van der Waals surface area contributed by atoms with Gasteiger partial charge in [-0.05, 0) is 6.42 Å². The van der Waals surface area contributed by atoms with Crippen LogP contribution in [0.5, 0.6) is 0 Å². The molecular formula is C10H20O3. The zero-order valence-corrected chi connectivity index (χ0v) is 8.80. The minimum absolute atomic E-state index is 0.406. The maximum Gasteiger partial charge on any atom is 0.300 e. The fourth-order valence-electron chi connectivity index (χ4n) is 0.749. The van der Waals surface area contributed by atoms with Crippen LogP contribution in [0.4, 0.5) is 0 Å². The molecule has 0 aliphatic rings. The van der Waals surface area contributed by atoms with Crippen LogP contribution in [-0.2, 0) is 9.59 Å². The normalized spacial score (nSPS) is 8.54. The van der Waals surface area contributed by atoms with Crippen LogP contribution < -0.4 is 0 Å². The first-order valence-corrected chi connectivity index (χ1v) is 4.75. The molecule has 0 saturated heterocycles. The third-order valence-electron chi connectivity index (χ3n) is 1.45. The lowest BCUT2D eigenvalue weighted by molar-refractivity contribution is -0.134. The van der Waals surface area contributed by atoms with Gasteiger partial charge in [-0.2, -0.15) is 0 Å². The van der Waals surface area contributed by atoms with Gasteiger partial charge in [-0.1, -0.05) is 26.7 Å². The van der Waals surface area contributed by atoms with E-state index >= 15 is 0 Å². The molecule has 0 heterocycles. The highest BCUT2D eigenvalue weighted by Gasteiger charge is 1.95. The van der Waals surface area contributed by atoms with Gasteiger partial charge in [0.25, 0.3) is 5.97 Å². The first-order chi connectivity index (χ1) is 6.04. The molecule has 0 aliphatic heterocycles. The quantitative estimate of drug-likeness (QED) is 0.675. The van der Waals surface area contributed by atoms with Crippen molar-refractivity contribution in [3.63, 3.8) is 0 Å². The maximum atomic E-state index is 10.7. The molecule has 0 unspecified atom stereocenters. The summed E-state index contributed by atoms with van der Waals surface area (Å²) >= 11 is 0. The largest absolute Gasteiger partial charge is 0.481 e. The van der Waals surface area contributed by atoms with Crippen LogP contribution in [0.15, 0.2) is 0 Å². The van der Waals surface area contributed by atoms with Crippen molar-refractivity contribution in [2.24, 2.45) is 0 Å². The number of hydrogen-bond donors (Lipinski definition) is 1. The molecule has 0 aromatic heterocycles. The van der Waals surface area contributed by atoms with E-state index in [2.05, 4.69) is 6.92 Å². The van der Waals surface area contributed by atoms with Crippen molar-refractivity contribution in [1.29, 1.82) is 0 Å². The van der Waals surface area contributed by atoms with Crippen LogP contribution >= 0.6 is 0 Å². The van der Waals surface area contributed by atoms with Crippen molar-refractivity contribution < 1.29 is 14.7 Å². The Labute approximate surface area is 80.1 Å². The lowest BCUT2D eigenvalue weighted by Crippen LogP contribution is -1.93. The third kappa shape index (κ3) is 24.7. The van der Waals surface area contributed by atoms with E-state index in [0.29, 0.717) is 12.2 Å². The van der Waals surface area contributed by atoms with E-state index in [-0.39, 0.29) is 0 Å². The van der Waals surface area contributed by atoms with Crippen LogP contribution in [0.3, 0.4) is 0 Å². The summed E-state index contributed by atoms with van der Waals surface area (Å²) in [7, 11) is 0. The Morgan fingerprint density at radius 1 is 1.15 bits per heavy atom. The van der Waals surface area contributed by atoms with Gasteiger partial charge in [-0.3, -0.25) is 9.59 Å². The van der Waals surface area contributed by atoms with Crippen molar-refractivity contribution in [2.45, 2.75) is 52.9 Å². The fraction of sp³-hybridized carbons (Fsp3) is 0.800. The molecular weight excluding hydrogens is 168 g/mol. The molecule has 0 aromatic rings. The van der Waals surface area contributed by atoms with E-state index in [1.54, 1.807) is 0 Å². The van der Waals surface area contributed by atoms with Crippen LogP contribution in [-0.4, -0.2) is 16.9 Å². The second kappa shape index (κ2) is 11.1. The highest BCUT2D eigenvalue weighted by atomic mass is 16.4. The number of unbranched alkanes of at least 4 members (excludes halogenated alkanes) is 2. The Kier molecular flexibility index (Phi) is 12.6. The number of carboxylic acid groups (broad SMARTS) is 1. The number of rotatable bonds is 5. The summed E-state index contributed by atoms with van der Waals surface area (Å²) in [5, 5.41) is 7.42. The molecule has 3 heteroatoms. The van der Waals surface area contributed by atoms with Crippen LogP contribution in [0, 0.1) is 0 Å². The summed E-state index contributed by atoms with van der Waals surface area (Å²) in [6, 6.07) is 0. The zero-order valence-electron chi connectivity index (χ0n) is 8.80. The summed E-state index contributed by atoms with van der Waals surface area (Å²) in [5.41, 5.74) is 0. The lowest BCUT2D eigenvalue weighted by Gasteiger charge is -1.93. The minimum Gasteiger partial charge on any atom is -0.481 e. The number of carbonyl (C=O) groups excluding carboxylic acids is 1. The molecule has 0 bridgehead atoms. The molecule has 3 nitrogen and oxygen atoms in total. The topological polar surface area (TPSA) is 54.4 Å². The first kappa shape index (κ1) is 14.7. The molecule has 0 fully saturated rings. The number of aliphatic carboxylic acids is 1. The Morgan fingerprint density at radius 2 is 1.62 bits per heavy atom. The van der Waals surface area contributed by atoms with Crippen molar-refractivity contribution >= 4 is 11.8 Å². The molecule has 0 aromatic carbocycles. The smallest absolute Gasteiger partial charge is 0.300 e. The lowest BCUT2D eigenvalue weighted by atomic mass is 10.1. The van der Waals surface area contributed by atoms with E-state index < -0.39 is 5.97 Å². The van der Waals surface area contributed by atoms with Crippen LogP contribution in [0.2, 0.25) is 0 Å². The summed E-state index contributed by atoms with van der Waals surface area (Å²) in [5.74, 6) is -0.427. The van der Waals surface area contributed by atoms with Gasteiger partial charge in [0.2, 0.25) is 0 Å². The molecule has 0 saturated carbocycles. The first-order valence-electron chi connectivity index (χ1n) is 4.75. The van der Waals surface area contributed by atoms with Gasteiger partial charge in [0, 0.05) is 19.8 Å². The fourth-order valence-corrected chi connectivity index (χ4v) is 0.749. The molecule has 1 N–H and O–H groups in total. The van der Waals surface area contributed by atoms with Gasteiger partial charge in [0.05, 0.1) is 0 Å². The average molecular weight is 188 g/mol. The average Bonchev–Trinajstić information content (AvgIpc) is 2.03. The summed E-state index contributed by atoms with van der Waals surface area (Å²) in [6.07, 6.45) is 5.00. The van der Waals surface area contributed by atoms with Gasteiger partial charge in [-0.25, -0.2) is 0 Å². The van der Waals surface area contributed by atoms with Gasteiger partial charge in [0.1, 0.15) is 5.78 Å². The second-order valence-corrected chi connectivity index (χ2v) is 2.87. The summed E-state index contributed by atoms with van der Waals surface area (Å²) in [6.45, 7) is 5.16. The van der Waals surface area contributed by atoms with Crippen molar-refractivity contribution in [3.8, 4) is 0 Å². The van der Waals surface area contributed by atoms with Crippen LogP contribution in [0.25, 0.3) is 0 Å². The van der Waals surface area contributed by atoms with Gasteiger partial charge in [0.15, 0.2) is 0 Å². The predicted molar refractivity (Wildman–Crippen MR) is 52.7 cm³/mol. The van der Waals surface area contributed by atoms with Crippen molar-refractivity contribution in [2.75, 3.05) is 0 Å². The van der Waals surface area contributed by atoms with Crippen molar-refractivity contribution in [1.82, 2.24) is 0 Å². The predicted octanol–water partition coefficient (Wildman–Crippen LogP) is 2.64. The monoisotopic (exact) mass is 188 g/mol. The van der Waals surface area contributed by atoms with E-state index in [1.807, 2.05) is 6.92 Å². The van der Waals surface area contributed by atoms with Crippen molar-refractivity contribution in [3.05, 3.63) is 0 Å². The minimum atomic E-state index is -0.833. The Bertz CT molecular complexity index is 137. The van der Waals surface area contributed by atoms with E-state index in [1.165, 1.54) is 12.8 Å². The second-order valence-electron chi connectivity index (χ2n) is 2.87. The Balaban J connectivity index is 0. The maximum absolute atomic E-state index is 10.7. The molecule has 0 radical (unpaired) electrons. The van der Waals surface area contributed by atoms with Crippen LogP contribution in [0.1, 0.15) is 52.9 Å². The third-order valence-corrected chi connectivity index (χ3v) is 1.45. The van der Waals surface area contributed by atoms with Gasteiger partial charge >= 0.3 is 0 Å².